The van der Waals surface area contributed by atoms with E-state index in [0.717, 1.165) is 55.0 Å². The first kappa shape index (κ1) is 32.9. The van der Waals surface area contributed by atoms with E-state index in [-0.39, 0.29) is 27.6 Å². The Morgan fingerprint density at radius 3 is 1.71 bits per heavy atom. The molecule has 0 saturated heterocycles. The van der Waals surface area contributed by atoms with E-state index in [9.17, 15) is 30.6 Å². The Kier molecular flexibility index (Phi) is 7.14. The highest BCUT2D eigenvalue weighted by atomic mass is 16.4. The van der Waals surface area contributed by atoms with Gasteiger partial charge >= 0.3 is 0 Å². The summed E-state index contributed by atoms with van der Waals surface area (Å²) in [5.74, 6) is -5.06. The minimum atomic E-state index is -0.925. The second-order valence-electron chi connectivity index (χ2n) is 13.6. The van der Waals surface area contributed by atoms with E-state index >= 15 is 0 Å². The number of hydrogen-bond donors (Lipinski definition) is 6. The molecular weight excluding hydrogens is 705 g/mol. The number of phenols is 6. The molecule has 10 aromatic rings. The van der Waals surface area contributed by atoms with E-state index in [1.54, 1.807) is 4.90 Å². The molecule has 2 radical (unpaired) electrons. The minimum absolute atomic E-state index is 0.0958. The molecule has 0 saturated carbocycles. The fraction of sp³-hybridized carbons (Fsp3) is 0. The van der Waals surface area contributed by atoms with Gasteiger partial charge in [-0.25, -0.2) is 0 Å². The molecule has 0 aliphatic heterocycles. The van der Waals surface area contributed by atoms with Gasteiger partial charge in [0, 0.05) is 27.7 Å². The van der Waals surface area contributed by atoms with Crippen molar-refractivity contribution in [3.63, 3.8) is 0 Å². The molecule has 0 aliphatic rings. The first-order valence-electron chi connectivity index (χ1n) is 17.7. The molecule has 0 spiro atoms. The summed E-state index contributed by atoms with van der Waals surface area (Å²) >= 11 is 0. The lowest BCUT2D eigenvalue weighted by Crippen LogP contribution is -2.11. The molecule has 0 atom stereocenters. The Morgan fingerprint density at radius 2 is 0.982 bits per heavy atom. The van der Waals surface area contributed by atoms with Crippen LogP contribution in [-0.4, -0.2) is 38.5 Å². The number of nitrogens with zero attached hydrogens (tertiary/aromatic N) is 1. The first-order chi connectivity index (χ1) is 27.2. The summed E-state index contributed by atoms with van der Waals surface area (Å²) in [6, 6.07) is 43.0. The maximum absolute atomic E-state index is 11.8. The Balaban J connectivity index is 1.21. The van der Waals surface area contributed by atoms with Crippen molar-refractivity contribution in [1.29, 1.82) is 0 Å². The molecular formula is C46H28BNO8. The third-order valence-electron chi connectivity index (χ3n) is 10.5. The van der Waals surface area contributed by atoms with Crippen LogP contribution in [0.25, 0.3) is 76.9 Å². The predicted molar refractivity (Wildman–Crippen MR) is 219 cm³/mol. The smallest absolute Gasteiger partial charge is 0.206 e. The lowest BCUT2D eigenvalue weighted by atomic mass is 9.91. The topological polar surface area (TPSA) is 151 Å². The number of aromatic hydroxyl groups is 6. The van der Waals surface area contributed by atoms with Crippen LogP contribution < -0.4 is 10.4 Å². The normalized spacial score (nSPS) is 11.7. The lowest BCUT2D eigenvalue weighted by Gasteiger charge is -2.28. The molecule has 0 fully saturated rings. The Labute approximate surface area is 318 Å². The van der Waals surface area contributed by atoms with Crippen molar-refractivity contribution in [2.24, 2.45) is 0 Å². The molecule has 6 N–H and O–H groups in total. The summed E-state index contributed by atoms with van der Waals surface area (Å²) < 4.78 is 12.2. The number of fused-ring (bicyclic) bond motifs is 7. The number of anilines is 3. The van der Waals surface area contributed by atoms with E-state index < -0.39 is 40.0 Å². The van der Waals surface area contributed by atoms with Gasteiger partial charge in [-0.15, -0.1) is 0 Å². The Morgan fingerprint density at radius 1 is 0.411 bits per heavy atom. The van der Waals surface area contributed by atoms with E-state index in [2.05, 4.69) is 6.07 Å². The van der Waals surface area contributed by atoms with Crippen molar-refractivity contribution in [1.82, 2.24) is 0 Å². The zero-order valence-corrected chi connectivity index (χ0v) is 29.2. The van der Waals surface area contributed by atoms with Crippen LogP contribution >= 0.6 is 0 Å². The Hall–Kier alpha value is -7.72. The van der Waals surface area contributed by atoms with Crippen LogP contribution in [-0.2, 0) is 0 Å². The number of hydrogen-bond acceptors (Lipinski definition) is 9. The fourth-order valence-corrected chi connectivity index (χ4v) is 7.81. The van der Waals surface area contributed by atoms with Gasteiger partial charge < -0.3 is 44.4 Å². The standard InChI is InChI=1S/C46H28BNO8/c47-36-39(50)41(52)38(49)35-34-37(40(51)42(53)43(54)46(34)56-45(35)36)48(26-19-15-24(16-20-26)29-11-5-8-23-7-1-2-9-28(23)29)27-21-17-25(18-22-27)30-12-6-13-32-31-10-3-4-14-33(31)55-44(30)32/h1-22,49-54H. The van der Waals surface area contributed by atoms with E-state index in [1.165, 1.54) is 0 Å². The summed E-state index contributed by atoms with van der Waals surface area (Å²) in [6.07, 6.45) is 0. The van der Waals surface area contributed by atoms with Crippen molar-refractivity contribution >= 4 is 85.0 Å². The maximum Gasteiger partial charge on any atom is 0.206 e. The molecule has 10 rings (SSSR count). The van der Waals surface area contributed by atoms with Crippen LogP contribution in [0.3, 0.4) is 0 Å². The highest BCUT2D eigenvalue weighted by Crippen LogP contribution is 2.58. The van der Waals surface area contributed by atoms with Gasteiger partial charge in [-0.3, -0.25) is 0 Å². The largest absolute Gasteiger partial charge is 0.504 e. The minimum Gasteiger partial charge on any atom is -0.504 e. The molecule has 0 bridgehead atoms. The second-order valence-corrected chi connectivity index (χ2v) is 13.6. The second kappa shape index (κ2) is 12.2. The number of rotatable bonds is 5. The lowest BCUT2D eigenvalue weighted by molar-refractivity contribution is 0.368. The molecule has 2 aromatic heterocycles. The van der Waals surface area contributed by atoms with Crippen LogP contribution in [0.4, 0.5) is 17.1 Å². The molecule has 10 heteroatoms. The molecule has 0 unspecified atom stereocenters. The van der Waals surface area contributed by atoms with Gasteiger partial charge in [0.15, 0.2) is 22.8 Å². The zero-order chi connectivity index (χ0) is 38.4. The summed E-state index contributed by atoms with van der Waals surface area (Å²) in [6.45, 7) is 0. The van der Waals surface area contributed by atoms with E-state index in [0.29, 0.717) is 11.4 Å². The highest BCUT2D eigenvalue weighted by molar-refractivity contribution is 6.42. The predicted octanol–water partition coefficient (Wildman–Crippen LogP) is 10.5. The summed E-state index contributed by atoms with van der Waals surface area (Å²) in [5, 5.41) is 70.2. The van der Waals surface area contributed by atoms with Crippen LogP contribution in [0.1, 0.15) is 0 Å². The van der Waals surface area contributed by atoms with Crippen LogP contribution in [0.2, 0.25) is 0 Å². The number of para-hydroxylation sites is 2. The van der Waals surface area contributed by atoms with Gasteiger partial charge in [-0.2, -0.15) is 0 Å². The van der Waals surface area contributed by atoms with Gasteiger partial charge in [0.2, 0.25) is 17.2 Å². The summed E-state index contributed by atoms with van der Waals surface area (Å²) in [5.41, 5.74) is 4.95. The summed E-state index contributed by atoms with van der Waals surface area (Å²) in [4.78, 5) is 1.63. The van der Waals surface area contributed by atoms with Gasteiger partial charge in [-0.1, -0.05) is 103 Å². The van der Waals surface area contributed by atoms with Crippen LogP contribution in [0.15, 0.2) is 142 Å². The number of phenolic OH excluding ortho intramolecular Hbond substituents is 6. The Bertz CT molecular complexity index is 3220. The van der Waals surface area contributed by atoms with Gasteiger partial charge in [0.25, 0.3) is 0 Å². The molecule has 8 aromatic carbocycles. The fourth-order valence-electron chi connectivity index (χ4n) is 7.81. The molecule has 268 valence electrons. The quantitative estimate of drug-likeness (QED) is 0.0750. The van der Waals surface area contributed by atoms with Crippen molar-refractivity contribution < 1.29 is 39.5 Å². The number of benzene rings is 8. The molecule has 0 amide bonds. The maximum atomic E-state index is 11.8. The zero-order valence-electron chi connectivity index (χ0n) is 29.2. The third kappa shape index (κ3) is 4.69. The first-order valence-corrected chi connectivity index (χ1v) is 17.7. The van der Waals surface area contributed by atoms with Gasteiger partial charge in [0.1, 0.15) is 30.3 Å². The average Bonchev–Trinajstić information content (AvgIpc) is 3.83. The SMILES string of the molecule is [B]c1c(O)c(O)c(O)c2c1oc1c(O)c(O)c(O)c(N(c3ccc(-c4cccc5ccccc45)cc3)c3ccc(-c4cccc5c4oc4ccccc45)cc3)c12. The molecule has 9 nitrogen and oxygen atoms in total. The summed E-state index contributed by atoms with van der Waals surface area (Å²) in [7, 11) is 6.13. The average molecular weight is 734 g/mol. The van der Waals surface area contributed by atoms with Crippen molar-refractivity contribution in [2.75, 3.05) is 4.90 Å². The van der Waals surface area contributed by atoms with Crippen molar-refractivity contribution in [3.8, 4) is 56.8 Å². The van der Waals surface area contributed by atoms with Crippen molar-refractivity contribution in [2.45, 2.75) is 0 Å². The molecule has 56 heavy (non-hydrogen) atoms. The van der Waals surface area contributed by atoms with Crippen LogP contribution in [0, 0.1) is 0 Å². The monoisotopic (exact) mass is 733 g/mol. The molecule has 0 aliphatic carbocycles. The van der Waals surface area contributed by atoms with E-state index in [4.69, 9.17) is 16.7 Å². The van der Waals surface area contributed by atoms with Crippen molar-refractivity contribution in [3.05, 3.63) is 133 Å². The van der Waals surface area contributed by atoms with Gasteiger partial charge in [-0.05, 0) is 63.3 Å². The van der Waals surface area contributed by atoms with E-state index in [1.807, 2.05) is 127 Å². The van der Waals surface area contributed by atoms with Gasteiger partial charge in [0.05, 0.1) is 10.8 Å². The highest BCUT2D eigenvalue weighted by Gasteiger charge is 2.32. The number of furan rings is 2. The third-order valence-corrected chi connectivity index (χ3v) is 10.5. The molecule has 2 heterocycles. The van der Waals surface area contributed by atoms with Crippen LogP contribution in [0.5, 0.6) is 34.5 Å².